The fourth-order valence-corrected chi connectivity index (χ4v) is 2.85. The number of alkyl halides is 6. The molecule has 31 heavy (non-hydrogen) atoms. The maximum Gasteiger partial charge on any atom is 0.416 e. The fourth-order valence-electron chi connectivity index (χ4n) is 2.85. The molecule has 0 saturated carbocycles. The van der Waals surface area contributed by atoms with E-state index in [0.29, 0.717) is 16.8 Å². The van der Waals surface area contributed by atoms with Gasteiger partial charge in [-0.1, -0.05) is 35.8 Å². The summed E-state index contributed by atoms with van der Waals surface area (Å²) in [7, 11) is 1.50. The molecule has 0 fully saturated rings. The van der Waals surface area contributed by atoms with Crippen molar-refractivity contribution in [3.05, 3.63) is 83.2 Å². The van der Waals surface area contributed by atoms with Crippen LogP contribution in [0.3, 0.4) is 0 Å². The zero-order valence-electron chi connectivity index (χ0n) is 15.7. The smallest absolute Gasteiger partial charge is 0.329 e. The third-order valence-electron chi connectivity index (χ3n) is 4.36. The van der Waals surface area contributed by atoms with Gasteiger partial charge in [0.2, 0.25) is 7.28 Å². The van der Waals surface area contributed by atoms with E-state index in [1.807, 2.05) is 6.07 Å². The Labute approximate surface area is 174 Å². The van der Waals surface area contributed by atoms with Crippen molar-refractivity contribution in [2.75, 3.05) is 0 Å². The number of nitriles is 1. The van der Waals surface area contributed by atoms with E-state index in [1.54, 1.807) is 6.20 Å². The summed E-state index contributed by atoms with van der Waals surface area (Å²) in [6, 6.07) is 10.8. The lowest BCUT2D eigenvalue weighted by Crippen LogP contribution is -2.27. The summed E-state index contributed by atoms with van der Waals surface area (Å²) < 4.78 is 79.3. The Bertz CT molecular complexity index is 1120. The standard InChI is InChI=1S/C21H13BF6N3/c23-20(24,25)16-6-4-15(5-7-16)18(22-19-30-9-11-31(19)10-8-29)13-14-2-1-3-17(12-14)21(26,27)28/h1-7,9,11-13H,10H2. The number of benzene rings is 2. The van der Waals surface area contributed by atoms with Gasteiger partial charge in [-0.15, -0.1) is 0 Å². The molecule has 0 aliphatic carbocycles. The Morgan fingerprint density at radius 3 is 2.29 bits per heavy atom. The van der Waals surface area contributed by atoms with Crippen LogP contribution in [0.1, 0.15) is 22.3 Å². The lowest BCUT2D eigenvalue weighted by Gasteiger charge is -2.12. The van der Waals surface area contributed by atoms with E-state index in [4.69, 9.17) is 5.26 Å². The molecule has 157 valence electrons. The fraction of sp³-hybridized carbons (Fsp3) is 0.143. The molecule has 3 nitrogen and oxygen atoms in total. The predicted octanol–water partition coefficient (Wildman–Crippen LogP) is 4.97. The molecular formula is C21H13BF6N3. The average Bonchev–Trinajstić information content (AvgIpc) is 3.14. The largest absolute Gasteiger partial charge is 0.416 e. The first-order valence-electron chi connectivity index (χ1n) is 8.87. The molecular weight excluding hydrogens is 419 g/mol. The van der Waals surface area contributed by atoms with Gasteiger partial charge in [0.1, 0.15) is 6.54 Å². The molecule has 10 heteroatoms. The van der Waals surface area contributed by atoms with Crippen molar-refractivity contribution in [2.45, 2.75) is 18.9 Å². The molecule has 0 bridgehead atoms. The van der Waals surface area contributed by atoms with Crippen LogP contribution in [-0.2, 0) is 18.9 Å². The van der Waals surface area contributed by atoms with Gasteiger partial charge in [-0.05, 0) is 35.4 Å². The van der Waals surface area contributed by atoms with Crippen LogP contribution in [0.25, 0.3) is 11.5 Å². The van der Waals surface area contributed by atoms with E-state index < -0.39 is 23.5 Å². The number of nitrogens with zero attached hydrogens (tertiary/aromatic N) is 3. The summed E-state index contributed by atoms with van der Waals surface area (Å²) in [5, 5.41) is 8.92. The zero-order valence-corrected chi connectivity index (χ0v) is 15.7. The van der Waals surface area contributed by atoms with Gasteiger partial charge in [-0.3, -0.25) is 4.98 Å². The summed E-state index contributed by atoms with van der Waals surface area (Å²) in [5.74, 6) is 0. The van der Waals surface area contributed by atoms with Gasteiger partial charge < -0.3 is 4.57 Å². The minimum absolute atomic E-state index is 0.0182. The van der Waals surface area contributed by atoms with Crippen LogP contribution < -0.4 is 5.72 Å². The van der Waals surface area contributed by atoms with Gasteiger partial charge in [-0.2, -0.15) is 31.6 Å². The lowest BCUT2D eigenvalue weighted by molar-refractivity contribution is -0.138. The summed E-state index contributed by atoms with van der Waals surface area (Å²) in [5.41, 5.74) is -0.478. The molecule has 3 rings (SSSR count). The highest BCUT2D eigenvalue weighted by Gasteiger charge is 2.31. The molecule has 2 aromatic carbocycles. The molecule has 0 unspecified atom stereocenters. The molecule has 0 spiro atoms. The van der Waals surface area contributed by atoms with Gasteiger partial charge in [0.25, 0.3) is 0 Å². The molecule has 0 amide bonds. The second-order valence-electron chi connectivity index (χ2n) is 6.51. The summed E-state index contributed by atoms with van der Waals surface area (Å²) in [6.07, 6.45) is -4.65. The molecule has 1 heterocycles. The second kappa shape index (κ2) is 8.72. The number of halogens is 6. The molecule has 1 radical (unpaired) electrons. The van der Waals surface area contributed by atoms with Gasteiger partial charge in [0.15, 0.2) is 0 Å². The highest BCUT2D eigenvalue weighted by Crippen LogP contribution is 2.32. The average molecular weight is 432 g/mol. The third kappa shape index (κ3) is 5.57. The summed E-state index contributed by atoms with van der Waals surface area (Å²) in [6.45, 7) is -0.0182. The minimum atomic E-state index is -4.54. The maximum atomic E-state index is 13.0. The van der Waals surface area contributed by atoms with Gasteiger partial charge >= 0.3 is 12.4 Å². The Hall–Kier alpha value is -3.48. The highest BCUT2D eigenvalue weighted by molar-refractivity contribution is 6.73. The van der Waals surface area contributed by atoms with Crippen molar-refractivity contribution in [2.24, 2.45) is 0 Å². The van der Waals surface area contributed by atoms with Crippen molar-refractivity contribution < 1.29 is 26.3 Å². The van der Waals surface area contributed by atoms with Crippen LogP contribution in [0.2, 0.25) is 0 Å². The third-order valence-corrected chi connectivity index (χ3v) is 4.36. The van der Waals surface area contributed by atoms with Gasteiger partial charge in [0.05, 0.1) is 22.9 Å². The van der Waals surface area contributed by atoms with Crippen molar-refractivity contribution in [3.63, 3.8) is 0 Å². The Morgan fingerprint density at radius 1 is 1.00 bits per heavy atom. The van der Waals surface area contributed by atoms with Crippen LogP contribution in [0.15, 0.2) is 60.9 Å². The van der Waals surface area contributed by atoms with Crippen molar-refractivity contribution in [1.29, 1.82) is 5.26 Å². The first-order chi connectivity index (χ1) is 14.6. The zero-order chi connectivity index (χ0) is 22.6. The maximum absolute atomic E-state index is 13.0. The minimum Gasteiger partial charge on any atom is -0.329 e. The van der Waals surface area contributed by atoms with E-state index in [-0.39, 0.29) is 12.1 Å². The first-order valence-corrected chi connectivity index (χ1v) is 8.87. The van der Waals surface area contributed by atoms with Gasteiger partial charge in [-0.25, -0.2) is 0 Å². The molecule has 0 aliphatic heterocycles. The molecule has 0 N–H and O–H groups in total. The van der Waals surface area contributed by atoms with Crippen LogP contribution >= 0.6 is 0 Å². The van der Waals surface area contributed by atoms with E-state index in [2.05, 4.69) is 4.98 Å². The topological polar surface area (TPSA) is 41.6 Å². The molecule has 0 aliphatic rings. The Balaban J connectivity index is 2.05. The highest BCUT2D eigenvalue weighted by atomic mass is 19.4. The van der Waals surface area contributed by atoms with Gasteiger partial charge in [0, 0.05) is 12.4 Å². The molecule has 3 aromatic rings. The number of hydrogen-bond donors (Lipinski definition) is 0. The Kier molecular flexibility index (Phi) is 6.25. The Morgan fingerprint density at radius 2 is 1.68 bits per heavy atom. The van der Waals surface area contributed by atoms with Crippen molar-refractivity contribution in [1.82, 2.24) is 9.55 Å². The monoisotopic (exact) mass is 432 g/mol. The SMILES string of the molecule is N#CCn1ccnc1[B]C(=Cc1cccc(C(F)(F)F)c1)c1ccc(C(F)(F)F)cc1. The van der Waals surface area contributed by atoms with Crippen molar-refractivity contribution >= 4 is 24.6 Å². The van der Waals surface area contributed by atoms with Crippen LogP contribution in [0.4, 0.5) is 26.3 Å². The first kappa shape index (κ1) is 22.2. The number of rotatable bonds is 5. The lowest BCUT2D eigenvalue weighted by atomic mass is 9.65. The van der Waals surface area contributed by atoms with E-state index in [0.717, 1.165) is 24.3 Å². The molecule has 0 saturated heterocycles. The van der Waals surface area contributed by atoms with E-state index in [9.17, 15) is 26.3 Å². The number of imidazole rings is 1. The van der Waals surface area contributed by atoms with E-state index in [1.165, 1.54) is 48.4 Å². The number of aromatic nitrogens is 2. The molecule has 1 aromatic heterocycles. The number of hydrogen-bond acceptors (Lipinski definition) is 2. The van der Waals surface area contributed by atoms with Crippen LogP contribution in [-0.4, -0.2) is 16.8 Å². The van der Waals surface area contributed by atoms with E-state index >= 15 is 0 Å². The van der Waals surface area contributed by atoms with Crippen LogP contribution in [0.5, 0.6) is 0 Å². The van der Waals surface area contributed by atoms with Crippen molar-refractivity contribution in [3.8, 4) is 6.07 Å². The van der Waals surface area contributed by atoms with Crippen LogP contribution in [0, 0.1) is 11.3 Å². The normalized spacial score (nSPS) is 12.5. The summed E-state index contributed by atoms with van der Waals surface area (Å²) >= 11 is 0. The predicted molar refractivity (Wildman–Crippen MR) is 104 cm³/mol. The quantitative estimate of drug-likeness (QED) is 0.325. The summed E-state index contributed by atoms with van der Waals surface area (Å²) in [4.78, 5) is 4.11. The second-order valence-corrected chi connectivity index (χ2v) is 6.51. The molecule has 0 atom stereocenters.